The molecule has 1 aromatic rings. The summed E-state index contributed by atoms with van der Waals surface area (Å²) in [5.41, 5.74) is 1.32. The smallest absolute Gasteiger partial charge is 0.242 e. The molecule has 5 nitrogen and oxygen atoms in total. The fraction of sp³-hybridized carbons (Fsp3) is 0.700. The molecule has 2 saturated heterocycles. The maximum Gasteiger partial charge on any atom is 0.242 e. The predicted molar refractivity (Wildman–Crippen MR) is 105 cm³/mol. The fourth-order valence-electron chi connectivity index (χ4n) is 5.67. The lowest BCUT2D eigenvalue weighted by molar-refractivity contribution is -0.118. The van der Waals surface area contributed by atoms with Crippen molar-refractivity contribution < 1.29 is 4.79 Å². The molecule has 0 bridgehead atoms. The van der Waals surface area contributed by atoms with Crippen molar-refractivity contribution >= 4 is 27.7 Å². The number of pyridine rings is 1. The fourth-order valence-corrected chi connectivity index (χ4v) is 5.98. The number of rotatable bonds is 4. The average molecular weight is 419 g/mol. The van der Waals surface area contributed by atoms with Gasteiger partial charge in [0.05, 0.1) is 6.04 Å². The van der Waals surface area contributed by atoms with E-state index in [1.165, 1.54) is 45.3 Å². The van der Waals surface area contributed by atoms with Crippen LogP contribution in [0.1, 0.15) is 37.7 Å². The number of aryl methyl sites for hydroxylation is 1. The van der Waals surface area contributed by atoms with E-state index >= 15 is 0 Å². The van der Waals surface area contributed by atoms with Crippen LogP contribution in [0.4, 0.5) is 5.82 Å². The van der Waals surface area contributed by atoms with E-state index < -0.39 is 0 Å². The highest BCUT2D eigenvalue weighted by Gasteiger charge is 2.62. The van der Waals surface area contributed by atoms with Gasteiger partial charge in [-0.2, -0.15) is 0 Å². The second-order valence-corrected chi connectivity index (χ2v) is 9.79. The van der Waals surface area contributed by atoms with Crippen LogP contribution in [0.2, 0.25) is 0 Å². The molecule has 5 atom stereocenters. The van der Waals surface area contributed by atoms with Crippen LogP contribution in [0.3, 0.4) is 0 Å². The van der Waals surface area contributed by atoms with Crippen molar-refractivity contribution in [1.29, 1.82) is 0 Å². The molecule has 0 radical (unpaired) electrons. The van der Waals surface area contributed by atoms with Crippen molar-refractivity contribution in [2.24, 2.45) is 17.3 Å². The molecular weight excluding hydrogens is 392 g/mol. The summed E-state index contributed by atoms with van der Waals surface area (Å²) in [6.45, 7) is 5.73. The lowest BCUT2D eigenvalue weighted by Crippen LogP contribution is -2.38. The number of fused-ring (bicyclic) bond motifs is 2. The van der Waals surface area contributed by atoms with Gasteiger partial charge < -0.3 is 15.5 Å². The van der Waals surface area contributed by atoms with Crippen LogP contribution in [0, 0.1) is 24.2 Å². The standard InChI is InChI=1S/C20H27BrN4O/c1-12-5-6-17(21)23-18(12)24-19(26)15-7-20(8-16(20)22-15)11-25-9-13-3-2-4-14(13)10-25/h5-6,13-16,22H,2-4,7-11H2,1H3,(H,23,24,26)/t13?,14?,15-,16?,20?/m0/s1. The number of halogens is 1. The van der Waals surface area contributed by atoms with Crippen molar-refractivity contribution in [1.82, 2.24) is 15.2 Å². The van der Waals surface area contributed by atoms with E-state index in [0.29, 0.717) is 17.3 Å². The summed E-state index contributed by atoms with van der Waals surface area (Å²) in [5.74, 6) is 2.61. The molecule has 2 saturated carbocycles. The van der Waals surface area contributed by atoms with E-state index in [1.807, 2.05) is 19.1 Å². The van der Waals surface area contributed by atoms with Gasteiger partial charge in [-0.1, -0.05) is 12.5 Å². The van der Waals surface area contributed by atoms with Gasteiger partial charge in [0, 0.05) is 31.1 Å². The van der Waals surface area contributed by atoms with Gasteiger partial charge in [0.1, 0.15) is 10.4 Å². The second kappa shape index (κ2) is 6.28. The molecule has 5 rings (SSSR count). The average Bonchev–Trinajstić information content (AvgIpc) is 2.96. The van der Waals surface area contributed by atoms with Gasteiger partial charge >= 0.3 is 0 Å². The lowest BCUT2D eigenvalue weighted by atomic mass is 9.98. The highest BCUT2D eigenvalue weighted by atomic mass is 79.9. The molecule has 2 N–H and O–H groups in total. The van der Waals surface area contributed by atoms with Crippen LogP contribution in [-0.2, 0) is 4.79 Å². The number of aromatic nitrogens is 1. The van der Waals surface area contributed by atoms with E-state index in [1.54, 1.807) is 0 Å². The van der Waals surface area contributed by atoms with Gasteiger partial charge in [-0.05, 0) is 72.0 Å². The van der Waals surface area contributed by atoms with Crippen molar-refractivity contribution in [3.8, 4) is 0 Å². The normalized spacial score (nSPS) is 38.2. The number of nitrogens with one attached hydrogen (secondary N) is 2. The van der Waals surface area contributed by atoms with Crippen LogP contribution in [0.5, 0.6) is 0 Å². The molecule has 0 spiro atoms. The van der Waals surface area contributed by atoms with Crippen molar-refractivity contribution in [2.45, 2.75) is 51.1 Å². The number of hydrogen-bond acceptors (Lipinski definition) is 4. The summed E-state index contributed by atoms with van der Waals surface area (Å²) < 4.78 is 0.747. The molecule has 3 heterocycles. The van der Waals surface area contributed by atoms with Crippen LogP contribution >= 0.6 is 15.9 Å². The number of amides is 1. The van der Waals surface area contributed by atoms with Crippen LogP contribution in [0.15, 0.2) is 16.7 Å². The van der Waals surface area contributed by atoms with E-state index in [0.717, 1.165) is 28.4 Å². The zero-order valence-corrected chi connectivity index (χ0v) is 16.9. The number of carbonyl (C=O) groups is 1. The summed E-state index contributed by atoms with van der Waals surface area (Å²) in [7, 11) is 0. The van der Waals surface area contributed by atoms with Gasteiger partial charge in [0.2, 0.25) is 5.91 Å². The Morgan fingerprint density at radius 1 is 1.35 bits per heavy atom. The van der Waals surface area contributed by atoms with E-state index in [4.69, 9.17) is 0 Å². The Balaban J connectivity index is 1.19. The quantitative estimate of drug-likeness (QED) is 0.737. The molecule has 26 heavy (non-hydrogen) atoms. The molecule has 2 aliphatic carbocycles. The zero-order valence-electron chi connectivity index (χ0n) is 15.3. The Hall–Kier alpha value is -0.980. The Morgan fingerprint density at radius 2 is 2.12 bits per heavy atom. The molecule has 4 fully saturated rings. The molecule has 140 valence electrons. The Kier molecular flexibility index (Phi) is 4.14. The highest BCUT2D eigenvalue weighted by molar-refractivity contribution is 9.10. The summed E-state index contributed by atoms with van der Waals surface area (Å²) in [4.78, 5) is 19.8. The van der Waals surface area contributed by atoms with Gasteiger partial charge in [0.15, 0.2) is 0 Å². The second-order valence-electron chi connectivity index (χ2n) is 8.98. The largest absolute Gasteiger partial charge is 0.309 e. The molecule has 1 aromatic heterocycles. The molecule has 2 aliphatic heterocycles. The lowest BCUT2D eigenvalue weighted by Gasteiger charge is -2.23. The minimum atomic E-state index is -0.0870. The third-order valence-electron chi connectivity index (χ3n) is 7.16. The van der Waals surface area contributed by atoms with E-state index in [2.05, 4.69) is 36.4 Å². The van der Waals surface area contributed by atoms with E-state index in [9.17, 15) is 4.79 Å². The van der Waals surface area contributed by atoms with Crippen molar-refractivity contribution in [2.75, 3.05) is 25.0 Å². The minimum Gasteiger partial charge on any atom is -0.309 e. The van der Waals surface area contributed by atoms with Crippen molar-refractivity contribution in [3.05, 3.63) is 22.3 Å². The number of likely N-dealkylation sites (tertiary alicyclic amines) is 1. The van der Waals surface area contributed by atoms with Gasteiger partial charge in [-0.15, -0.1) is 0 Å². The van der Waals surface area contributed by atoms with E-state index in [-0.39, 0.29) is 11.9 Å². The first kappa shape index (κ1) is 17.1. The summed E-state index contributed by atoms with van der Waals surface area (Å²) in [6, 6.07) is 4.30. The molecule has 0 aromatic carbocycles. The summed E-state index contributed by atoms with van der Waals surface area (Å²) in [6.07, 6.45) is 6.49. The molecule has 1 amide bonds. The molecule has 4 unspecified atom stereocenters. The Bertz CT molecular complexity index is 729. The number of piperidine rings is 1. The first-order valence-electron chi connectivity index (χ1n) is 9.95. The predicted octanol–water partition coefficient (Wildman–Crippen LogP) is 2.94. The van der Waals surface area contributed by atoms with Crippen LogP contribution in [-0.4, -0.2) is 47.5 Å². The Labute approximate surface area is 163 Å². The topological polar surface area (TPSA) is 57.3 Å². The Morgan fingerprint density at radius 3 is 2.88 bits per heavy atom. The number of anilines is 1. The molecule has 6 heteroatoms. The zero-order chi connectivity index (χ0) is 17.9. The van der Waals surface area contributed by atoms with Crippen LogP contribution in [0.25, 0.3) is 0 Å². The molecule has 4 aliphatic rings. The van der Waals surface area contributed by atoms with Gasteiger partial charge in [-0.3, -0.25) is 4.79 Å². The maximum atomic E-state index is 12.7. The molecular formula is C20H27BrN4O. The first-order valence-corrected chi connectivity index (χ1v) is 10.7. The van der Waals surface area contributed by atoms with Crippen LogP contribution < -0.4 is 10.6 Å². The summed E-state index contributed by atoms with van der Waals surface area (Å²) >= 11 is 3.38. The third kappa shape index (κ3) is 3.00. The SMILES string of the molecule is Cc1ccc(Br)nc1NC(=O)[C@@H]1CC2(CN3CC4CCCC4C3)CC2N1. The summed E-state index contributed by atoms with van der Waals surface area (Å²) in [5, 5.41) is 6.59. The van der Waals surface area contributed by atoms with Gasteiger partial charge in [0.25, 0.3) is 0 Å². The number of carbonyl (C=O) groups excluding carboxylic acids is 1. The highest BCUT2D eigenvalue weighted by Crippen LogP contribution is 2.56. The van der Waals surface area contributed by atoms with Crippen molar-refractivity contribution in [3.63, 3.8) is 0 Å². The third-order valence-corrected chi connectivity index (χ3v) is 7.61. The minimum absolute atomic E-state index is 0.0589. The monoisotopic (exact) mass is 418 g/mol. The first-order chi connectivity index (χ1) is 12.5. The number of hydrogen-bond donors (Lipinski definition) is 2. The van der Waals surface area contributed by atoms with Gasteiger partial charge in [-0.25, -0.2) is 4.98 Å². The number of nitrogens with zero attached hydrogens (tertiary/aromatic N) is 2. The maximum absolute atomic E-state index is 12.7.